The minimum absolute atomic E-state index is 0.388. The van der Waals surface area contributed by atoms with Gasteiger partial charge in [0, 0.05) is 49.9 Å². The van der Waals surface area contributed by atoms with Crippen molar-refractivity contribution in [2.75, 3.05) is 4.90 Å². The summed E-state index contributed by atoms with van der Waals surface area (Å²) in [6.45, 7) is 0. The van der Waals surface area contributed by atoms with Gasteiger partial charge < -0.3 is 13.9 Å². The van der Waals surface area contributed by atoms with Crippen molar-refractivity contribution >= 4 is 60.8 Å². The molecule has 0 bridgehead atoms. The largest absolute Gasteiger partial charge is 0.455 e. The van der Waals surface area contributed by atoms with Gasteiger partial charge in [0.25, 0.3) is 0 Å². The zero-order valence-corrected chi connectivity index (χ0v) is 30.9. The third-order valence-electron chi connectivity index (χ3n) is 11.1. The van der Waals surface area contributed by atoms with Crippen LogP contribution in [-0.4, -0.2) is 4.57 Å². The van der Waals surface area contributed by atoms with Gasteiger partial charge >= 0.3 is 0 Å². The van der Waals surface area contributed by atoms with E-state index in [1.165, 1.54) is 5.56 Å². The average molecular weight is 731 g/mol. The SMILES string of the molecule is [2H]c1ccc2c(c1)c1cc(-c3ccc(N(c4ccc(-c5ccccc5)cc4)c4ccc(-c5cccc6c5oc5c([2H])cccc56)cc4)cc3)ccc1n2-c1ccccc1. The standard InChI is InChI=1S/C54H36N2O/c1-3-12-37(13-4-1)38-22-29-43(30-23-38)55(45-33-26-40(27-34-45)46-18-11-19-49-48-17-8-10-21-53(48)57-54(46)49)44-31-24-39(25-32-44)41-28-35-52-50(36-41)47-16-7-9-20-51(47)56(52)42-14-5-2-6-15-42/h1-36H/i7D,21D. The lowest BCUT2D eigenvalue weighted by atomic mass is 10.0. The Kier molecular flexibility index (Phi) is 7.32. The molecule has 0 N–H and O–H groups in total. The highest BCUT2D eigenvalue weighted by molar-refractivity contribution is 6.11. The lowest BCUT2D eigenvalue weighted by Gasteiger charge is -2.26. The Hall–Kier alpha value is -7.62. The monoisotopic (exact) mass is 730 g/mol. The summed E-state index contributed by atoms with van der Waals surface area (Å²) in [5, 5.41) is 4.16. The van der Waals surface area contributed by atoms with E-state index >= 15 is 0 Å². The quantitative estimate of drug-likeness (QED) is 0.163. The van der Waals surface area contributed by atoms with Crippen LogP contribution in [0.15, 0.2) is 223 Å². The lowest BCUT2D eigenvalue weighted by molar-refractivity contribution is 0.670. The van der Waals surface area contributed by atoms with Crippen LogP contribution in [0.2, 0.25) is 0 Å². The van der Waals surface area contributed by atoms with E-state index in [2.05, 4.69) is 173 Å². The fourth-order valence-electron chi connectivity index (χ4n) is 8.32. The molecule has 0 radical (unpaired) electrons. The molecule has 2 heterocycles. The zero-order chi connectivity index (χ0) is 39.5. The van der Waals surface area contributed by atoms with Crippen LogP contribution in [-0.2, 0) is 0 Å². The molecule has 0 aliphatic heterocycles. The minimum Gasteiger partial charge on any atom is -0.455 e. The molecule has 0 saturated heterocycles. The van der Waals surface area contributed by atoms with E-state index in [1.807, 2.05) is 36.4 Å². The highest BCUT2D eigenvalue weighted by Gasteiger charge is 2.17. The molecular formula is C54H36N2O. The second-order valence-corrected chi connectivity index (χ2v) is 14.4. The van der Waals surface area contributed by atoms with Gasteiger partial charge in [0.2, 0.25) is 0 Å². The van der Waals surface area contributed by atoms with Crippen LogP contribution < -0.4 is 4.90 Å². The van der Waals surface area contributed by atoms with Gasteiger partial charge in [-0.25, -0.2) is 0 Å². The zero-order valence-electron chi connectivity index (χ0n) is 32.9. The van der Waals surface area contributed by atoms with Crippen molar-refractivity contribution in [2.24, 2.45) is 0 Å². The molecule has 0 spiro atoms. The summed E-state index contributed by atoms with van der Waals surface area (Å²) in [7, 11) is 0. The second-order valence-electron chi connectivity index (χ2n) is 14.4. The van der Waals surface area contributed by atoms with E-state index in [9.17, 15) is 0 Å². The van der Waals surface area contributed by atoms with Gasteiger partial charge in [0.05, 0.1) is 13.8 Å². The maximum Gasteiger partial charge on any atom is 0.143 e. The molecule has 0 fully saturated rings. The molecule has 0 aliphatic rings. The van der Waals surface area contributed by atoms with E-state index in [0.29, 0.717) is 17.7 Å². The van der Waals surface area contributed by atoms with E-state index < -0.39 is 0 Å². The molecule has 0 aliphatic carbocycles. The summed E-state index contributed by atoms with van der Waals surface area (Å²) in [5.74, 6) is 0. The van der Waals surface area contributed by atoms with Crippen LogP contribution in [0.5, 0.6) is 0 Å². The van der Waals surface area contributed by atoms with Gasteiger partial charge in [0.15, 0.2) is 0 Å². The van der Waals surface area contributed by atoms with Crippen LogP contribution >= 0.6 is 0 Å². The number of hydrogen-bond acceptors (Lipinski definition) is 2. The molecule has 3 nitrogen and oxygen atoms in total. The number of hydrogen-bond donors (Lipinski definition) is 0. The van der Waals surface area contributed by atoms with Gasteiger partial charge in [-0.2, -0.15) is 0 Å². The Labute approximate surface area is 333 Å². The van der Waals surface area contributed by atoms with E-state index in [1.54, 1.807) is 6.07 Å². The third kappa shape index (κ3) is 5.68. The van der Waals surface area contributed by atoms with E-state index in [4.69, 9.17) is 7.16 Å². The van der Waals surface area contributed by atoms with Gasteiger partial charge in [-0.3, -0.25) is 0 Å². The smallest absolute Gasteiger partial charge is 0.143 e. The second kappa shape index (κ2) is 13.6. The average Bonchev–Trinajstić information content (AvgIpc) is 3.84. The molecule has 57 heavy (non-hydrogen) atoms. The van der Waals surface area contributed by atoms with Crippen LogP contribution in [0.4, 0.5) is 17.1 Å². The molecule has 2 aromatic heterocycles. The predicted molar refractivity (Wildman–Crippen MR) is 239 cm³/mol. The van der Waals surface area contributed by atoms with Crippen molar-refractivity contribution in [3.63, 3.8) is 0 Å². The molecule has 0 unspecified atom stereocenters. The van der Waals surface area contributed by atoms with Gasteiger partial charge in [-0.15, -0.1) is 0 Å². The number of rotatable bonds is 7. The topological polar surface area (TPSA) is 21.3 Å². The summed E-state index contributed by atoms with van der Waals surface area (Å²) >= 11 is 0. The molecule has 0 amide bonds. The van der Waals surface area contributed by atoms with Crippen LogP contribution in [0.3, 0.4) is 0 Å². The highest BCUT2D eigenvalue weighted by atomic mass is 16.3. The molecule has 0 atom stereocenters. The summed E-state index contributed by atoms with van der Waals surface area (Å²) in [6, 6.07) is 72.4. The maximum absolute atomic E-state index is 8.44. The van der Waals surface area contributed by atoms with Gasteiger partial charge in [-0.1, -0.05) is 146 Å². The fraction of sp³-hybridized carbons (Fsp3) is 0. The number of fused-ring (bicyclic) bond motifs is 6. The third-order valence-corrected chi connectivity index (χ3v) is 11.1. The highest BCUT2D eigenvalue weighted by Crippen LogP contribution is 2.41. The van der Waals surface area contributed by atoms with Crippen molar-refractivity contribution in [1.82, 2.24) is 4.57 Å². The number of benzene rings is 9. The van der Waals surface area contributed by atoms with E-state index in [-0.39, 0.29) is 0 Å². The summed E-state index contributed by atoms with van der Waals surface area (Å²) < 4.78 is 25.5. The summed E-state index contributed by atoms with van der Waals surface area (Å²) in [6.07, 6.45) is 0. The Balaban J connectivity index is 0.988. The van der Waals surface area contributed by atoms with Crippen molar-refractivity contribution in [3.8, 4) is 39.1 Å². The lowest BCUT2D eigenvalue weighted by Crippen LogP contribution is -2.09. The number of aromatic nitrogens is 1. The molecule has 268 valence electrons. The van der Waals surface area contributed by atoms with Crippen LogP contribution in [0.25, 0.3) is 82.8 Å². The first kappa shape index (κ1) is 30.7. The Bertz CT molecular complexity index is 3320. The first-order chi connectivity index (χ1) is 29.1. The minimum atomic E-state index is 0.388. The first-order valence-corrected chi connectivity index (χ1v) is 19.2. The van der Waals surface area contributed by atoms with Crippen molar-refractivity contribution in [3.05, 3.63) is 218 Å². The molecular weight excluding hydrogens is 693 g/mol. The summed E-state index contributed by atoms with van der Waals surface area (Å²) in [4.78, 5) is 2.29. The molecule has 3 heteroatoms. The molecule has 11 rings (SSSR count). The van der Waals surface area contributed by atoms with Crippen LogP contribution in [0, 0.1) is 0 Å². The summed E-state index contributed by atoms with van der Waals surface area (Å²) in [5.41, 5.74) is 14.4. The molecule has 11 aromatic rings. The first-order valence-electron chi connectivity index (χ1n) is 20.2. The number of anilines is 3. The number of nitrogens with zero attached hydrogens (tertiary/aromatic N) is 2. The predicted octanol–water partition coefficient (Wildman–Crippen LogP) is 15.2. The Morgan fingerprint density at radius 1 is 0.404 bits per heavy atom. The van der Waals surface area contributed by atoms with Gasteiger partial charge in [0.1, 0.15) is 11.2 Å². The van der Waals surface area contributed by atoms with E-state index in [0.717, 1.165) is 88.7 Å². The normalized spacial score (nSPS) is 12.0. The van der Waals surface area contributed by atoms with Gasteiger partial charge in [-0.05, 0) is 101 Å². The van der Waals surface area contributed by atoms with Crippen molar-refractivity contribution in [2.45, 2.75) is 0 Å². The van der Waals surface area contributed by atoms with Crippen molar-refractivity contribution in [1.29, 1.82) is 0 Å². The number of para-hydroxylation sites is 4. The Morgan fingerprint density at radius 3 is 1.70 bits per heavy atom. The molecule has 0 saturated carbocycles. The maximum atomic E-state index is 8.44. The van der Waals surface area contributed by atoms with Crippen LogP contribution in [0.1, 0.15) is 2.74 Å². The van der Waals surface area contributed by atoms with Crippen molar-refractivity contribution < 1.29 is 7.16 Å². The fourth-order valence-corrected chi connectivity index (χ4v) is 8.32. The molecule has 9 aromatic carbocycles. The Morgan fingerprint density at radius 2 is 0.982 bits per heavy atom. The number of furan rings is 1.